The summed E-state index contributed by atoms with van der Waals surface area (Å²) in [6, 6.07) is 5.03. The van der Waals surface area contributed by atoms with Crippen molar-refractivity contribution in [3.8, 4) is 0 Å². The van der Waals surface area contributed by atoms with Gasteiger partial charge in [-0.1, -0.05) is 18.2 Å². The van der Waals surface area contributed by atoms with Crippen LogP contribution in [-0.2, 0) is 22.1 Å². The number of nitrogens with one attached hydrogen (secondary N) is 3. The molecule has 24 heavy (non-hydrogen) atoms. The van der Waals surface area contributed by atoms with Gasteiger partial charge in [-0.3, -0.25) is 15.4 Å². The largest absolute Gasteiger partial charge is 0.416 e. The highest BCUT2D eigenvalue weighted by Gasteiger charge is 2.32. The second-order valence-electron chi connectivity index (χ2n) is 5.73. The summed E-state index contributed by atoms with van der Waals surface area (Å²) in [7, 11) is 0. The predicted molar refractivity (Wildman–Crippen MR) is 84.2 cm³/mol. The molecular weight excluding hydrogens is 343 g/mol. The summed E-state index contributed by atoms with van der Waals surface area (Å²) < 4.78 is 43.4. The van der Waals surface area contributed by atoms with Crippen LogP contribution in [0.3, 0.4) is 0 Å². The molecule has 2 heterocycles. The third-order valence-corrected chi connectivity index (χ3v) is 5.16. The van der Waals surface area contributed by atoms with E-state index in [0.29, 0.717) is 31.9 Å². The van der Waals surface area contributed by atoms with Gasteiger partial charge in [-0.05, 0) is 18.1 Å². The van der Waals surface area contributed by atoms with Gasteiger partial charge in [0.15, 0.2) is 0 Å². The zero-order valence-corrected chi connectivity index (χ0v) is 13.5. The van der Waals surface area contributed by atoms with Crippen LogP contribution in [0.1, 0.15) is 11.1 Å². The second-order valence-corrected chi connectivity index (χ2v) is 7.14. The quantitative estimate of drug-likeness (QED) is 0.755. The number of carbonyl (C=O) groups is 1. The Morgan fingerprint density at radius 1 is 1.38 bits per heavy atom. The van der Waals surface area contributed by atoms with Crippen molar-refractivity contribution in [3.63, 3.8) is 0 Å². The molecule has 0 bridgehead atoms. The van der Waals surface area contributed by atoms with E-state index in [1.54, 1.807) is 6.07 Å². The first-order chi connectivity index (χ1) is 11.4. The molecule has 0 saturated carbocycles. The van der Waals surface area contributed by atoms with Gasteiger partial charge in [0.25, 0.3) is 0 Å². The fraction of sp³-hybridized carbons (Fsp3) is 0.533. The lowest BCUT2D eigenvalue weighted by Gasteiger charge is -2.16. The Labute approximate surface area is 141 Å². The Kier molecular flexibility index (Phi) is 5.33. The topological polar surface area (TPSA) is 62.4 Å². The molecule has 9 heteroatoms. The van der Waals surface area contributed by atoms with Crippen LogP contribution < -0.4 is 16.0 Å². The first-order valence-corrected chi connectivity index (χ1v) is 8.52. The van der Waals surface area contributed by atoms with Crippen LogP contribution in [0.25, 0.3) is 0 Å². The maximum Gasteiger partial charge on any atom is 0.416 e. The summed E-state index contributed by atoms with van der Waals surface area (Å²) in [5, 5.41) is 9.06. The molecule has 132 valence electrons. The number of rotatable bonds is 4. The molecule has 0 aliphatic carbocycles. The summed E-state index contributed by atoms with van der Waals surface area (Å²) in [6.07, 6.45) is -3.82. The van der Waals surface area contributed by atoms with Crippen LogP contribution in [-0.4, -0.2) is 42.6 Å². The lowest BCUT2D eigenvalue weighted by molar-refractivity contribution is -0.137. The summed E-state index contributed by atoms with van der Waals surface area (Å²) in [5.74, 6) is -0.141. The highest BCUT2D eigenvalue weighted by Crippen LogP contribution is 2.31. The van der Waals surface area contributed by atoms with Gasteiger partial charge in [0.2, 0.25) is 5.91 Å². The van der Waals surface area contributed by atoms with Crippen molar-refractivity contribution in [2.45, 2.75) is 29.4 Å². The number of carbonyl (C=O) groups excluding carboxylic acids is 1. The lowest BCUT2D eigenvalue weighted by Crippen LogP contribution is -2.48. The van der Waals surface area contributed by atoms with E-state index in [0.717, 1.165) is 6.07 Å². The first-order valence-electron chi connectivity index (χ1n) is 7.58. The van der Waals surface area contributed by atoms with Crippen molar-refractivity contribution < 1.29 is 22.7 Å². The van der Waals surface area contributed by atoms with E-state index in [9.17, 15) is 18.0 Å². The van der Waals surface area contributed by atoms with E-state index in [-0.39, 0.29) is 22.7 Å². The molecule has 3 N–H and O–H groups in total. The Balaban J connectivity index is 1.52. The molecule has 0 radical (unpaired) electrons. The van der Waals surface area contributed by atoms with Gasteiger partial charge in [-0.15, -0.1) is 11.8 Å². The minimum Gasteiger partial charge on any atom is -0.364 e. The summed E-state index contributed by atoms with van der Waals surface area (Å²) in [5.41, 5.74) is -0.231. The number of benzene rings is 1. The molecule has 2 aliphatic rings. The molecule has 3 atom stereocenters. The van der Waals surface area contributed by atoms with Crippen LogP contribution in [0.2, 0.25) is 0 Å². The van der Waals surface area contributed by atoms with Crippen LogP contribution in [0.4, 0.5) is 13.2 Å². The normalized spacial score (nSPS) is 27.4. The SMILES string of the molecule is O=C(NC1NCC(Cc2cccc(C(F)(F)F)c2)S1)C1COCN1. The maximum atomic E-state index is 12.8. The fourth-order valence-corrected chi connectivity index (χ4v) is 3.91. The number of alkyl halides is 3. The number of halogens is 3. The van der Waals surface area contributed by atoms with Gasteiger partial charge >= 0.3 is 6.18 Å². The number of hydrogen-bond acceptors (Lipinski definition) is 5. The molecule has 2 saturated heterocycles. The second kappa shape index (κ2) is 7.30. The van der Waals surface area contributed by atoms with E-state index in [1.807, 2.05) is 0 Å². The first kappa shape index (κ1) is 17.5. The summed E-state index contributed by atoms with van der Waals surface area (Å²) in [4.78, 5) is 12.0. The average molecular weight is 361 g/mol. The van der Waals surface area contributed by atoms with Gasteiger partial charge in [0.05, 0.1) is 18.9 Å². The third kappa shape index (κ3) is 4.41. The van der Waals surface area contributed by atoms with Crippen molar-refractivity contribution in [2.24, 2.45) is 0 Å². The molecule has 0 spiro atoms. The van der Waals surface area contributed by atoms with Crippen molar-refractivity contribution in [1.82, 2.24) is 16.0 Å². The Hall–Kier alpha value is -1.29. The molecule has 3 rings (SSSR count). The summed E-state index contributed by atoms with van der Waals surface area (Å²) in [6.45, 7) is 1.33. The molecule has 1 amide bonds. The molecule has 2 fully saturated rings. The standard InChI is InChI=1S/C15H18F3N3O2S/c16-15(17,18)10-3-1-2-9(4-10)5-11-6-19-14(24-11)21-13(22)12-7-23-8-20-12/h1-4,11-12,14,19-20H,5-8H2,(H,21,22). The molecule has 1 aromatic rings. The van der Waals surface area contributed by atoms with Crippen molar-refractivity contribution >= 4 is 17.7 Å². The number of hydrogen-bond donors (Lipinski definition) is 3. The minimum atomic E-state index is -4.33. The van der Waals surface area contributed by atoms with Gasteiger partial charge in [-0.25, -0.2) is 0 Å². The van der Waals surface area contributed by atoms with E-state index in [2.05, 4.69) is 16.0 Å². The van der Waals surface area contributed by atoms with Crippen molar-refractivity contribution in [1.29, 1.82) is 0 Å². The van der Waals surface area contributed by atoms with Crippen LogP contribution in [0.15, 0.2) is 24.3 Å². The molecule has 3 unspecified atom stereocenters. The fourth-order valence-electron chi connectivity index (χ4n) is 2.66. The highest BCUT2D eigenvalue weighted by atomic mass is 32.2. The zero-order chi connectivity index (χ0) is 17.2. The molecule has 2 aliphatic heterocycles. The zero-order valence-electron chi connectivity index (χ0n) is 12.7. The number of thioether (sulfide) groups is 1. The van der Waals surface area contributed by atoms with Crippen molar-refractivity contribution in [3.05, 3.63) is 35.4 Å². The minimum absolute atomic E-state index is 0.103. The molecular formula is C15H18F3N3O2S. The van der Waals surface area contributed by atoms with Gasteiger partial charge in [-0.2, -0.15) is 13.2 Å². The van der Waals surface area contributed by atoms with Crippen LogP contribution in [0.5, 0.6) is 0 Å². The van der Waals surface area contributed by atoms with Gasteiger partial charge in [0, 0.05) is 11.8 Å². The van der Waals surface area contributed by atoms with Gasteiger partial charge in [0.1, 0.15) is 11.5 Å². The van der Waals surface area contributed by atoms with E-state index in [4.69, 9.17) is 4.74 Å². The van der Waals surface area contributed by atoms with Crippen LogP contribution in [0, 0.1) is 0 Å². The molecule has 5 nitrogen and oxygen atoms in total. The average Bonchev–Trinajstić information content (AvgIpc) is 3.18. The van der Waals surface area contributed by atoms with E-state index < -0.39 is 11.7 Å². The monoisotopic (exact) mass is 361 g/mol. The smallest absolute Gasteiger partial charge is 0.364 e. The molecule has 0 aromatic heterocycles. The maximum absolute atomic E-state index is 12.8. The Morgan fingerprint density at radius 3 is 2.92 bits per heavy atom. The Bertz CT molecular complexity index is 594. The van der Waals surface area contributed by atoms with E-state index in [1.165, 1.54) is 23.9 Å². The van der Waals surface area contributed by atoms with Crippen molar-refractivity contribution in [2.75, 3.05) is 19.9 Å². The van der Waals surface area contributed by atoms with Crippen LogP contribution >= 0.6 is 11.8 Å². The lowest BCUT2D eigenvalue weighted by atomic mass is 10.1. The molecule has 1 aromatic carbocycles. The predicted octanol–water partition coefficient (Wildman–Crippen LogP) is 1.30. The third-order valence-electron chi connectivity index (χ3n) is 3.88. The van der Waals surface area contributed by atoms with E-state index >= 15 is 0 Å². The number of ether oxygens (including phenoxy) is 1. The highest BCUT2D eigenvalue weighted by molar-refractivity contribution is 8.00. The van der Waals surface area contributed by atoms with Gasteiger partial charge < -0.3 is 10.1 Å². The number of amides is 1. The Morgan fingerprint density at radius 2 is 2.21 bits per heavy atom. The summed E-state index contributed by atoms with van der Waals surface area (Å²) >= 11 is 1.51.